The third-order valence-corrected chi connectivity index (χ3v) is 7.48. The molecule has 4 heteroatoms. The summed E-state index contributed by atoms with van der Waals surface area (Å²) in [6.07, 6.45) is 17.3. The lowest BCUT2D eigenvalue weighted by atomic mass is 9.62. The first kappa shape index (κ1) is 23.4. The predicted molar refractivity (Wildman–Crippen MR) is 113 cm³/mol. The van der Waals surface area contributed by atoms with Crippen LogP contribution in [0.3, 0.4) is 0 Å². The maximum absolute atomic E-state index is 10.9. The zero-order valence-electron chi connectivity index (χ0n) is 18.0. The molecule has 0 heterocycles. The van der Waals surface area contributed by atoms with Gasteiger partial charge >= 0.3 is 5.97 Å². The molecule has 0 saturated heterocycles. The Labute approximate surface area is 171 Å². The molecular formula is C24H42O4. The number of allylic oxidation sites excluding steroid dienone is 1. The summed E-state index contributed by atoms with van der Waals surface area (Å²) in [6, 6.07) is 0. The molecule has 162 valence electrons. The summed E-state index contributed by atoms with van der Waals surface area (Å²) in [7, 11) is 0. The van der Waals surface area contributed by atoms with Crippen molar-refractivity contribution in [2.45, 2.75) is 110 Å². The van der Waals surface area contributed by atoms with Gasteiger partial charge in [-0.05, 0) is 62.2 Å². The van der Waals surface area contributed by atoms with Gasteiger partial charge in [0.25, 0.3) is 0 Å². The molecule has 5 atom stereocenters. The highest BCUT2D eigenvalue weighted by molar-refractivity contribution is 5.69. The Kier molecular flexibility index (Phi) is 9.49. The van der Waals surface area contributed by atoms with Crippen molar-refractivity contribution < 1.29 is 20.1 Å². The van der Waals surface area contributed by atoms with Crippen LogP contribution in [-0.2, 0) is 4.79 Å². The molecule has 0 bridgehead atoms. The van der Waals surface area contributed by atoms with Crippen LogP contribution in [-0.4, -0.2) is 33.5 Å². The third kappa shape index (κ3) is 6.32. The standard InChI is InChI=1S/C24H42O4/c1-3-4-15-24(16-8-17-24)22(26)14-12-19-11-13-21(25)20(19)10-7-5-6-9-18(2)23(27)28/h12,14,18-22,25-26H,3-11,13,15-17H2,1-2H3,(H,27,28)/t18?,19-,20-,21+,22?/m1/s1. The van der Waals surface area contributed by atoms with E-state index in [1.54, 1.807) is 6.92 Å². The van der Waals surface area contributed by atoms with Gasteiger partial charge in [-0.2, -0.15) is 0 Å². The van der Waals surface area contributed by atoms with Crippen molar-refractivity contribution >= 4 is 5.97 Å². The highest BCUT2D eigenvalue weighted by atomic mass is 16.4. The zero-order valence-corrected chi connectivity index (χ0v) is 18.0. The topological polar surface area (TPSA) is 77.8 Å². The van der Waals surface area contributed by atoms with Gasteiger partial charge in [0, 0.05) is 0 Å². The fourth-order valence-corrected chi connectivity index (χ4v) is 5.16. The van der Waals surface area contributed by atoms with Crippen molar-refractivity contribution in [2.24, 2.45) is 23.2 Å². The van der Waals surface area contributed by atoms with Crippen molar-refractivity contribution in [1.82, 2.24) is 0 Å². The summed E-state index contributed by atoms with van der Waals surface area (Å²) in [6.45, 7) is 3.98. The Morgan fingerprint density at radius 3 is 2.54 bits per heavy atom. The van der Waals surface area contributed by atoms with E-state index in [-0.39, 0.29) is 29.5 Å². The van der Waals surface area contributed by atoms with Crippen molar-refractivity contribution in [3.8, 4) is 0 Å². The maximum atomic E-state index is 10.9. The molecule has 0 aliphatic heterocycles. The van der Waals surface area contributed by atoms with Gasteiger partial charge in [0.2, 0.25) is 0 Å². The first-order valence-corrected chi connectivity index (χ1v) is 11.7. The van der Waals surface area contributed by atoms with E-state index in [1.165, 1.54) is 19.3 Å². The van der Waals surface area contributed by atoms with Gasteiger partial charge in [-0.1, -0.05) is 64.5 Å². The lowest BCUT2D eigenvalue weighted by Gasteiger charge is -2.45. The van der Waals surface area contributed by atoms with E-state index < -0.39 is 5.97 Å². The second-order valence-electron chi connectivity index (χ2n) is 9.50. The summed E-state index contributed by atoms with van der Waals surface area (Å²) in [5, 5.41) is 30.2. The highest BCUT2D eigenvalue weighted by Gasteiger charge is 2.42. The normalized spacial score (nSPS) is 28.9. The predicted octanol–water partition coefficient (Wildman–Crippen LogP) is 5.32. The van der Waals surface area contributed by atoms with Gasteiger partial charge in [-0.25, -0.2) is 0 Å². The molecule has 0 aromatic heterocycles. The minimum Gasteiger partial charge on any atom is -0.481 e. The van der Waals surface area contributed by atoms with Gasteiger partial charge < -0.3 is 15.3 Å². The second kappa shape index (κ2) is 11.3. The smallest absolute Gasteiger partial charge is 0.306 e. The van der Waals surface area contributed by atoms with Crippen LogP contribution in [0.1, 0.15) is 97.3 Å². The summed E-state index contributed by atoms with van der Waals surface area (Å²) >= 11 is 0. The molecule has 2 saturated carbocycles. The third-order valence-electron chi connectivity index (χ3n) is 7.48. The lowest BCUT2D eigenvalue weighted by molar-refractivity contribution is -0.141. The van der Waals surface area contributed by atoms with Crippen LogP contribution >= 0.6 is 0 Å². The van der Waals surface area contributed by atoms with E-state index in [2.05, 4.69) is 13.0 Å². The number of aliphatic hydroxyl groups is 2. The van der Waals surface area contributed by atoms with Crippen LogP contribution in [0, 0.1) is 23.2 Å². The minimum atomic E-state index is -0.710. The van der Waals surface area contributed by atoms with E-state index in [0.717, 1.165) is 64.2 Å². The first-order chi connectivity index (χ1) is 13.4. The van der Waals surface area contributed by atoms with Crippen LogP contribution in [0.2, 0.25) is 0 Å². The molecule has 0 aromatic rings. The molecule has 0 radical (unpaired) electrons. The fourth-order valence-electron chi connectivity index (χ4n) is 5.16. The first-order valence-electron chi connectivity index (χ1n) is 11.7. The van der Waals surface area contributed by atoms with E-state index in [1.807, 2.05) is 6.08 Å². The Morgan fingerprint density at radius 1 is 1.18 bits per heavy atom. The Hall–Kier alpha value is -0.870. The number of carboxylic acids is 1. The quantitative estimate of drug-likeness (QED) is 0.292. The molecule has 4 nitrogen and oxygen atoms in total. The fraction of sp³-hybridized carbons (Fsp3) is 0.875. The molecule has 2 fully saturated rings. The number of hydrogen-bond donors (Lipinski definition) is 3. The average molecular weight is 395 g/mol. The van der Waals surface area contributed by atoms with Crippen molar-refractivity contribution in [2.75, 3.05) is 0 Å². The summed E-state index contributed by atoms with van der Waals surface area (Å²) < 4.78 is 0. The maximum Gasteiger partial charge on any atom is 0.306 e. The number of rotatable bonds is 13. The molecule has 0 spiro atoms. The zero-order chi connectivity index (χ0) is 20.6. The lowest BCUT2D eigenvalue weighted by Crippen LogP contribution is -2.40. The average Bonchev–Trinajstić information content (AvgIpc) is 2.98. The van der Waals surface area contributed by atoms with Gasteiger partial charge in [0.15, 0.2) is 0 Å². The molecule has 2 aliphatic rings. The van der Waals surface area contributed by atoms with Gasteiger partial charge in [-0.3, -0.25) is 4.79 Å². The van der Waals surface area contributed by atoms with E-state index in [0.29, 0.717) is 5.92 Å². The van der Waals surface area contributed by atoms with Crippen LogP contribution in [0.5, 0.6) is 0 Å². The molecular weight excluding hydrogens is 352 g/mol. The Balaban J connectivity index is 1.78. The van der Waals surface area contributed by atoms with Crippen molar-refractivity contribution in [3.05, 3.63) is 12.2 Å². The summed E-state index contributed by atoms with van der Waals surface area (Å²) in [5.41, 5.74) is 0.111. The van der Waals surface area contributed by atoms with Gasteiger partial charge in [0.1, 0.15) is 0 Å². The van der Waals surface area contributed by atoms with E-state index in [9.17, 15) is 15.0 Å². The summed E-state index contributed by atoms with van der Waals surface area (Å²) in [4.78, 5) is 10.9. The van der Waals surface area contributed by atoms with Crippen molar-refractivity contribution in [1.29, 1.82) is 0 Å². The van der Waals surface area contributed by atoms with Crippen LogP contribution in [0.25, 0.3) is 0 Å². The number of carbonyl (C=O) groups is 1. The molecule has 2 aliphatic carbocycles. The van der Waals surface area contributed by atoms with Crippen LogP contribution < -0.4 is 0 Å². The Morgan fingerprint density at radius 2 is 1.93 bits per heavy atom. The molecule has 2 rings (SSSR count). The largest absolute Gasteiger partial charge is 0.481 e. The molecule has 2 unspecified atom stereocenters. The second-order valence-corrected chi connectivity index (χ2v) is 9.50. The monoisotopic (exact) mass is 394 g/mol. The number of hydrogen-bond acceptors (Lipinski definition) is 3. The van der Waals surface area contributed by atoms with Gasteiger partial charge in [0.05, 0.1) is 18.1 Å². The summed E-state index contributed by atoms with van der Waals surface area (Å²) in [5.74, 6) is -0.321. The molecule has 0 amide bonds. The van der Waals surface area contributed by atoms with Crippen LogP contribution in [0.15, 0.2) is 12.2 Å². The molecule has 3 N–H and O–H groups in total. The number of carboxylic acid groups (broad SMARTS) is 1. The minimum absolute atomic E-state index is 0.111. The highest BCUT2D eigenvalue weighted by Crippen LogP contribution is 2.48. The molecule has 0 aromatic carbocycles. The number of unbranched alkanes of at least 4 members (excludes halogenated alkanes) is 3. The number of aliphatic carboxylic acids is 1. The van der Waals surface area contributed by atoms with Crippen molar-refractivity contribution in [3.63, 3.8) is 0 Å². The molecule has 28 heavy (non-hydrogen) atoms. The number of aliphatic hydroxyl groups excluding tert-OH is 2. The van der Waals surface area contributed by atoms with Crippen LogP contribution in [0.4, 0.5) is 0 Å². The SMILES string of the molecule is CCCCC1(C(O)C=C[C@H]2CC[C@H](O)[C@@H]2CCCCCC(C)C(=O)O)CCC1. The van der Waals surface area contributed by atoms with Gasteiger partial charge in [-0.15, -0.1) is 0 Å². The van der Waals surface area contributed by atoms with E-state index >= 15 is 0 Å². The Bertz CT molecular complexity index is 497. The van der Waals surface area contributed by atoms with E-state index in [4.69, 9.17) is 5.11 Å².